The summed E-state index contributed by atoms with van der Waals surface area (Å²) in [4.78, 5) is 0. The molecule has 13 heteroatoms. The van der Waals surface area contributed by atoms with E-state index in [4.69, 9.17) is 14.2 Å². The first kappa shape index (κ1) is 37.0. The van der Waals surface area contributed by atoms with E-state index >= 15 is 0 Å². The van der Waals surface area contributed by atoms with E-state index in [0.29, 0.717) is 12.8 Å². The highest BCUT2D eigenvalue weighted by Gasteiger charge is 2.71. The first-order chi connectivity index (χ1) is 20.3. The highest BCUT2D eigenvalue weighted by atomic mass is 19.4. The van der Waals surface area contributed by atoms with E-state index in [0.717, 1.165) is 6.42 Å². The van der Waals surface area contributed by atoms with Crippen LogP contribution in [0, 0.1) is 58.7 Å². The molecule has 11 unspecified atom stereocenters. The van der Waals surface area contributed by atoms with Gasteiger partial charge < -0.3 is 19.3 Å². The zero-order valence-electron chi connectivity index (χ0n) is 27.1. The molecule has 4 nitrogen and oxygen atoms in total. The van der Waals surface area contributed by atoms with Gasteiger partial charge in [0.15, 0.2) is 0 Å². The minimum absolute atomic E-state index is 0.00853. The van der Waals surface area contributed by atoms with Crippen LogP contribution in [0.25, 0.3) is 0 Å². The average molecular weight is 669 g/mol. The van der Waals surface area contributed by atoms with E-state index in [1.807, 2.05) is 34.6 Å². The Morgan fingerprint density at radius 3 is 1.67 bits per heavy atom. The fourth-order valence-electron chi connectivity index (χ4n) is 8.79. The third kappa shape index (κ3) is 6.76. The fraction of sp³-hybridized carbons (Fsp3) is 1.00. The van der Waals surface area contributed by atoms with Gasteiger partial charge in [0.2, 0.25) is 0 Å². The number of hydrogen-bond donors (Lipinski definition) is 1. The minimum atomic E-state index is -5.94. The van der Waals surface area contributed by atoms with Crippen LogP contribution < -0.4 is 0 Å². The maximum absolute atomic E-state index is 14.3. The van der Waals surface area contributed by atoms with Gasteiger partial charge >= 0.3 is 18.5 Å². The van der Waals surface area contributed by atoms with Gasteiger partial charge in [-0.1, -0.05) is 27.7 Å². The topological polar surface area (TPSA) is 47.9 Å². The van der Waals surface area contributed by atoms with Crippen LogP contribution in [0.1, 0.15) is 80.6 Å². The Labute approximate surface area is 260 Å². The molecule has 4 aliphatic rings. The summed E-state index contributed by atoms with van der Waals surface area (Å²) in [6.07, 6.45) is -15.4. The summed E-state index contributed by atoms with van der Waals surface area (Å²) in [6, 6.07) is 0. The minimum Gasteiger partial charge on any atom is -0.377 e. The van der Waals surface area contributed by atoms with Crippen molar-refractivity contribution in [2.24, 2.45) is 58.7 Å². The molecule has 0 amide bonds. The predicted molar refractivity (Wildman–Crippen MR) is 148 cm³/mol. The van der Waals surface area contributed by atoms with E-state index in [1.54, 1.807) is 0 Å². The number of alkyl halides is 9. The fourth-order valence-corrected chi connectivity index (χ4v) is 8.79. The van der Waals surface area contributed by atoms with Crippen LogP contribution in [-0.4, -0.2) is 66.9 Å². The van der Waals surface area contributed by atoms with Gasteiger partial charge in [0.25, 0.3) is 5.60 Å². The molecule has 0 aromatic heterocycles. The molecule has 264 valence electrons. The lowest BCUT2D eigenvalue weighted by atomic mass is 9.63. The Morgan fingerprint density at radius 2 is 1.18 bits per heavy atom. The van der Waals surface area contributed by atoms with Crippen LogP contribution in [0.3, 0.4) is 0 Å². The lowest BCUT2D eigenvalue weighted by Crippen LogP contribution is -2.60. The summed E-state index contributed by atoms with van der Waals surface area (Å²) in [5, 5.41) is 9.54. The van der Waals surface area contributed by atoms with E-state index < -0.39 is 54.5 Å². The number of ether oxygens (including phenoxy) is 3. The molecule has 4 saturated carbocycles. The molecular formula is C32H49F9O4. The zero-order valence-corrected chi connectivity index (χ0v) is 27.1. The Morgan fingerprint density at radius 1 is 0.667 bits per heavy atom. The maximum atomic E-state index is 14.3. The number of aliphatic hydroxyl groups is 1. The van der Waals surface area contributed by atoms with Crippen LogP contribution in [0.5, 0.6) is 0 Å². The van der Waals surface area contributed by atoms with Crippen molar-refractivity contribution in [3.05, 3.63) is 0 Å². The van der Waals surface area contributed by atoms with Gasteiger partial charge in [-0.2, -0.15) is 39.5 Å². The van der Waals surface area contributed by atoms with Gasteiger partial charge in [-0.3, -0.25) is 0 Å². The van der Waals surface area contributed by atoms with Gasteiger partial charge in [0, 0.05) is 6.61 Å². The third-order valence-corrected chi connectivity index (χ3v) is 12.6. The first-order valence-corrected chi connectivity index (χ1v) is 16.1. The van der Waals surface area contributed by atoms with Gasteiger partial charge in [0.05, 0.1) is 36.4 Å². The molecule has 4 rings (SSSR count). The van der Waals surface area contributed by atoms with E-state index in [1.165, 1.54) is 6.92 Å². The van der Waals surface area contributed by atoms with Gasteiger partial charge in [0.1, 0.15) is 0 Å². The summed E-state index contributed by atoms with van der Waals surface area (Å²) in [5.74, 6) is 0.654. The predicted octanol–water partition coefficient (Wildman–Crippen LogP) is 8.61. The molecular weight excluding hydrogens is 619 g/mol. The number of hydrogen-bond acceptors (Lipinski definition) is 4. The molecule has 0 spiro atoms. The Balaban J connectivity index is 1.39. The van der Waals surface area contributed by atoms with Crippen LogP contribution in [-0.2, 0) is 14.2 Å². The zero-order chi connectivity index (χ0) is 34.1. The van der Waals surface area contributed by atoms with Crippen molar-refractivity contribution < 1.29 is 58.8 Å². The van der Waals surface area contributed by atoms with Crippen LogP contribution in [0.4, 0.5) is 39.5 Å². The van der Waals surface area contributed by atoms with E-state index in [2.05, 4.69) is 6.92 Å². The third-order valence-electron chi connectivity index (χ3n) is 12.6. The second kappa shape index (κ2) is 12.3. The molecule has 0 aromatic rings. The molecule has 1 N–H and O–H groups in total. The van der Waals surface area contributed by atoms with Crippen molar-refractivity contribution in [2.45, 2.75) is 123 Å². The second-order valence-electron chi connectivity index (χ2n) is 15.6. The van der Waals surface area contributed by atoms with Crippen molar-refractivity contribution in [3.63, 3.8) is 0 Å². The van der Waals surface area contributed by atoms with Crippen molar-refractivity contribution in [3.8, 4) is 0 Å². The Kier molecular flexibility index (Phi) is 10.1. The molecule has 0 aromatic carbocycles. The molecule has 45 heavy (non-hydrogen) atoms. The molecule has 0 heterocycles. The second-order valence-corrected chi connectivity index (χ2v) is 15.6. The maximum Gasteiger partial charge on any atom is 0.428 e. The SMILES string of the molecule is CC1C2CC(CC2OCC(O)(C(F)(F)F)C(F)(F)F)C1C1C(C)C2CC(OCC(C)(CCOC(C)(C)C(C)C)C(F)(F)F)C1C2. The summed E-state index contributed by atoms with van der Waals surface area (Å²) in [6.45, 7) is 10.4. The molecule has 4 fully saturated rings. The lowest BCUT2D eigenvalue weighted by Gasteiger charge is -2.45. The van der Waals surface area contributed by atoms with Crippen molar-refractivity contribution >= 4 is 0 Å². The molecule has 0 saturated heterocycles. The van der Waals surface area contributed by atoms with Crippen LogP contribution in [0.2, 0.25) is 0 Å². The van der Waals surface area contributed by atoms with Crippen molar-refractivity contribution in [2.75, 3.05) is 19.8 Å². The summed E-state index contributed by atoms with van der Waals surface area (Å²) in [7, 11) is 0. The van der Waals surface area contributed by atoms with Gasteiger partial charge in [-0.25, -0.2) is 0 Å². The first-order valence-electron chi connectivity index (χ1n) is 16.1. The largest absolute Gasteiger partial charge is 0.428 e. The highest BCUT2D eigenvalue weighted by molar-refractivity contribution is 5.10. The van der Waals surface area contributed by atoms with E-state index in [9.17, 15) is 44.6 Å². The lowest BCUT2D eigenvalue weighted by molar-refractivity contribution is -0.380. The number of fused-ring (bicyclic) bond motifs is 4. The number of halogens is 9. The van der Waals surface area contributed by atoms with Crippen LogP contribution >= 0.6 is 0 Å². The molecule has 4 bridgehead atoms. The summed E-state index contributed by atoms with van der Waals surface area (Å²) < 4.78 is 139. The monoisotopic (exact) mass is 668 g/mol. The standard InChI is InChI=1S/C32H49F9O4/c1-16(2)27(5,6)45-9-8-28(7,30(33,34)35)14-43-24-12-19-10-22(24)26(17(19)3)25-18(4)21-11-20(25)13-23(21)44-15-29(42,31(36,37)38)32(39,40)41/h16-26,42H,8-15H2,1-7H3. The highest BCUT2D eigenvalue weighted by Crippen LogP contribution is 2.65. The molecule has 11 atom stereocenters. The summed E-state index contributed by atoms with van der Waals surface area (Å²) >= 11 is 0. The quantitative estimate of drug-likeness (QED) is 0.212. The molecule has 0 radical (unpaired) electrons. The van der Waals surface area contributed by atoms with Crippen molar-refractivity contribution in [1.82, 2.24) is 0 Å². The summed E-state index contributed by atoms with van der Waals surface area (Å²) in [5.41, 5.74) is -7.61. The van der Waals surface area contributed by atoms with Gasteiger partial charge in [-0.05, 0) is 106 Å². The van der Waals surface area contributed by atoms with E-state index in [-0.39, 0.29) is 78.8 Å². The van der Waals surface area contributed by atoms with Crippen LogP contribution in [0.15, 0.2) is 0 Å². The van der Waals surface area contributed by atoms with Gasteiger partial charge in [-0.15, -0.1) is 0 Å². The smallest absolute Gasteiger partial charge is 0.377 e. The normalized spacial score (nSPS) is 37.2. The molecule has 0 aliphatic heterocycles. The number of rotatable bonds is 12. The Hall–Kier alpha value is -0.790. The molecule has 4 aliphatic carbocycles. The van der Waals surface area contributed by atoms with Crippen molar-refractivity contribution in [1.29, 1.82) is 0 Å². The Bertz CT molecular complexity index is 1010. The average Bonchev–Trinajstić information content (AvgIpc) is 3.63.